The molecule has 0 unspecified atom stereocenters. The molecule has 2 saturated carbocycles. The Morgan fingerprint density at radius 1 is 1.06 bits per heavy atom. The van der Waals surface area contributed by atoms with E-state index in [0.29, 0.717) is 11.8 Å². The van der Waals surface area contributed by atoms with Gasteiger partial charge in [0, 0.05) is 13.1 Å². The van der Waals surface area contributed by atoms with Gasteiger partial charge in [-0.3, -0.25) is 4.79 Å². The molecular weight excluding hydrogens is 214 g/mol. The van der Waals surface area contributed by atoms with Crippen molar-refractivity contribution in [2.24, 2.45) is 5.41 Å². The lowest BCUT2D eigenvalue weighted by molar-refractivity contribution is -0.135. The van der Waals surface area contributed by atoms with Gasteiger partial charge in [-0.25, -0.2) is 0 Å². The molecule has 1 amide bonds. The molecule has 3 heteroatoms. The smallest absolute Gasteiger partial charge is 0.225 e. The van der Waals surface area contributed by atoms with Crippen LogP contribution in [-0.2, 0) is 4.79 Å². The Bertz CT molecular complexity index is 316. The SMILES string of the molecule is O=C(CC1(O)CCCC1)N1CCC2(CCC2)C1. The first kappa shape index (κ1) is 11.5. The van der Waals surface area contributed by atoms with E-state index in [2.05, 4.69) is 0 Å². The number of nitrogens with zero attached hydrogens (tertiary/aromatic N) is 1. The van der Waals surface area contributed by atoms with Crippen LogP contribution in [0.2, 0.25) is 0 Å². The van der Waals surface area contributed by atoms with Crippen LogP contribution in [0.5, 0.6) is 0 Å². The van der Waals surface area contributed by atoms with Crippen molar-refractivity contribution in [3.8, 4) is 0 Å². The average molecular weight is 237 g/mol. The largest absolute Gasteiger partial charge is 0.389 e. The maximum absolute atomic E-state index is 12.2. The van der Waals surface area contributed by atoms with Crippen molar-refractivity contribution in [1.82, 2.24) is 4.90 Å². The van der Waals surface area contributed by atoms with Gasteiger partial charge in [-0.2, -0.15) is 0 Å². The fourth-order valence-electron chi connectivity index (χ4n) is 3.84. The molecule has 2 aliphatic carbocycles. The lowest BCUT2D eigenvalue weighted by atomic mass is 9.68. The number of aliphatic hydroxyl groups is 1. The van der Waals surface area contributed by atoms with Crippen LogP contribution < -0.4 is 0 Å². The second kappa shape index (κ2) is 3.98. The monoisotopic (exact) mass is 237 g/mol. The van der Waals surface area contributed by atoms with E-state index in [9.17, 15) is 9.90 Å². The molecule has 3 aliphatic rings. The minimum atomic E-state index is -0.674. The van der Waals surface area contributed by atoms with Crippen LogP contribution in [0.1, 0.15) is 57.8 Å². The first-order valence-corrected chi connectivity index (χ1v) is 7.11. The number of hydrogen-bond acceptors (Lipinski definition) is 2. The molecule has 1 N–H and O–H groups in total. The highest BCUT2D eigenvalue weighted by atomic mass is 16.3. The van der Waals surface area contributed by atoms with Gasteiger partial charge in [-0.05, 0) is 37.5 Å². The molecule has 0 bridgehead atoms. The van der Waals surface area contributed by atoms with Crippen molar-refractivity contribution in [1.29, 1.82) is 0 Å². The Hall–Kier alpha value is -0.570. The zero-order valence-electron chi connectivity index (χ0n) is 10.6. The quantitative estimate of drug-likeness (QED) is 0.799. The highest BCUT2D eigenvalue weighted by molar-refractivity contribution is 5.77. The number of rotatable bonds is 2. The molecule has 17 heavy (non-hydrogen) atoms. The molecule has 1 saturated heterocycles. The summed E-state index contributed by atoms with van der Waals surface area (Å²) in [5.74, 6) is 0.193. The fourth-order valence-corrected chi connectivity index (χ4v) is 3.84. The van der Waals surface area contributed by atoms with Crippen molar-refractivity contribution < 1.29 is 9.90 Å². The Morgan fingerprint density at radius 2 is 1.76 bits per heavy atom. The molecule has 0 aromatic carbocycles. The summed E-state index contributed by atoms with van der Waals surface area (Å²) in [6.45, 7) is 1.89. The molecule has 0 aromatic heterocycles. The van der Waals surface area contributed by atoms with Gasteiger partial charge in [0.15, 0.2) is 0 Å². The molecular formula is C14H23NO2. The van der Waals surface area contributed by atoms with Gasteiger partial charge in [-0.15, -0.1) is 0 Å². The van der Waals surface area contributed by atoms with Gasteiger partial charge in [0.2, 0.25) is 5.91 Å². The summed E-state index contributed by atoms with van der Waals surface area (Å²) in [6.07, 6.45) is 9.30. The van der Waals surface area contributed by atoms with E-state index >= 15 is 0 Å². The van der Waals surface area contributed by atoms with Gasteiger partial charge >= 0.3 is 0 Å². The summed E-state index contributed by atoms with van der Waals surface area (Å²) in [4.78, 5) is 14.2. The van der Waals surface area contributed by atoms with Crippen LogP contribution in [0.15, 0.2) is 0 Å². The summed E-state index contributed by atoms with van der Waals surface area (Å²) in [7, 11) is 0. The maximum atomic E-state index is 12.2. The Labute approximate surface area is 103 Å². The second-order valence-corrected chi connectivity index (χ2v) is 6.53. The van der Waals surface area contributed by atoms with Crippen molar-refractivity contribution in [2.45, 2.75) is 63.4 Å². The zero-order chi connectivity index (χ0) is 11.9. The Kier molecular flexibility index (Phi) is 2.69. The molecule has 1 heterocycles. The molecule has 1 aliphatic heterocycles. The van der Waals surface area contributed by atoms with Gasteiger partial charge in [0.05, 0.1) is 12.0 Å². The summed E-state index contributed by atoms with van der Waals surface area (Å²) < 4.78 is 0. The van der Waals surface area contributed by atoms with Crippen molar-refractivity contribution in [3.63, 3.8) is 0 Å². The third-order valence-corrected chi connectivity index (χ3v) is 5.22. The second-order valence-electron chi connectivity index (χ2n) is 6.53. The summed E-state index contributed by atoms with van der Waals surface area (Å²) >= 11 is 0. The van der Waals surface area contributed by atoms with Crippen LogP contribution in [0.4, 0.5) is 0 Å². The molecule has 3 rings (SSSR count). The van der Waals surface area contributed by atoms with Crippen molar-refractivity contribution >= 4 is 5.91 Å². The van der Waals surface area contributed by atoms with E-state index in [1.165, 1.54) is 25.7 Å². The summed E-state index contributed by atoms with van der Waals surface area (Å²) in [6, 6.07) is 0. The van der Waals surface area contributed by atoms with E-state index < -0.39 is 5.60 Å². The number of carbonyl (C=O) groups excluding carboxylic acids is 1. The number of amides is 1. The average Bonchev–Trinajstić information content (AvgIpc) is 2.83. The van der Waals surface area contributed by atoms with E-state index in [4.69, 9.17) is 0 Å². The van der Waals surface area contributed by atoms with Crippen molar-refractivity contribution in [3.05, 3.63) is 0 Å². The predicted octanol–water partition coefficient (Wildman–Crippen LogP) is 2.08. The molecule has 3 nitrogen and oxygen atoms in total. The van der Waals surface area contributed by atoms with Gasteiger partial charge in [0.25, 0.3) is 0 Å². The van der Waals surface area contributed by atoms with Crippen LogP contribution in [0.25, 0.3) is 0 Å². The normalized spacial score (nSPS) is 29.6. The van der Waals surface area contributed by atoms with Gasteiger partial charge in [-0.1, -0.05) is 19.3 Å². The summed E-state index contributed by atoms with van der Waals surface area (Å²) in [5, 5.41) is 10.3. The van der Waals surface area contributed by atoms with Crippen LogP contribution >= 0.6 is 0 Å². The third-order valence-electron chi connectivity index (χ3n) is 5.22. The van der Waals surface area contributed by atoms with Crippen LogP contribution in [0.3, 0.4) is 0 Å². The highest BCUT2D eigenvalue weighted by Crippen LogP contribution is 2.48. The van der Waals surface area contributed by atoms with Gasteiger partial charge in [0.1, 0.15) is 0 Å². The first-order chi connectivity index (χ1) is 8.11. The predicted molar refractivity (Wildman–Crippen MR) is 65.5 cm³/mol. The van der Waals surface area contributed by atoms with Crippen molar-refractivity contribution in [2.75, 3.05) is 13.1 Å². The van der Waals surface area contributed by atoms with E-state index in [-0.39, 0.29) is 5.91 Å². The fraction of sp³-hybridized carbons (Fsp3) is 0.929. The standard InChI is InChI=1S/C14H23NO2/c16-12(10-14(17)6-1-2-7-14)15-9-8-13(11-15)4-3-5-13/h17H,1-11H2. The first-order valence-electron chi connectivity index (χ1n) is 7.11. The molecule has 0 atom stereocenters. The van der Waals surface area contributed by atoms with E-state index in [1.54, 1.807) is 0 Å². The third kappa shape index (κ3) is 2.10. The molecule has 3 fully saturated rings. The van der Waals surface area contributed by atoms with E-state index in [0.717, 1.165) is 38.8 Å². The molecule has 96 valence electrons. The molecule has 0 aromatic rings. The zero-order valence-corrected chi connectivity index (χ0v) is 10.6. The van der Waals surface area contributed by atoms with E-state index in [1.807, 2.05) is 4.90 Å². The van der Waals surface area contributed by atoms with Crippen LogP contribution in [-0.4, -0.2) is 34.6 Å². The van der Waals surface area contributed by atoms with Crippen LogP contribution in [0, 0.1) is 5.41 Å². The summed E-state index contributed by atoms with van der Waals surface area (Å²) in [5.41, 5.74) is -0.194. The maximum Gasteiger partial charge on any atom is 0.225 e. The number of carbonyl (C=O) groups is 1. The molecule has 1 spiro atoms. The minimum absolute atomic E-state index is 0.193. The Morgan fingerprint density at radius 3 is 2.29 bits per heavy atom. The van der Waals surface area contributed by atoms with Gasteiger partial charge < -0.3 is 10.0 Å². The number of hydrogen-bond donors (Lipinski definition) is 1. The Balaban J connectivity index is 1.56. The number of likely N-dealkylation sites (tertiary alicyclic amines) is 1. The molecule has 0 radical (unpaired) electrons. The lowest BCUT2D eigenvalue weighted by Gasteiger charge is -2.38. The minimum Gasteiger partial charge on any atom is -0.389 e. The highest BCUT2D eigenvalue weighted by Gasteiger charge is 2.45. The lowest BCUT2D eigenvalue weighted by Crippen LogP contribution is -2.39. The topological polar surface area (TPSA) is 40.5 Å².